The van der Waals surface area contributed by atoms with E-state index in [4.69, 9.17) is 4.74 Å². The topological polar surface area (TPSA) is 101 Å². The number of nitrogens with one attached hydrogen (secondary N) is 3. The molecule has 0 atom stereocenters. The Kier molecular flexibility index (Phi) is 4.29. The molecule has 0 saturated heterocycles. The molecule has 27 heavy (non-hydrogen) atoms. The number of anilines is 5. The average molecular weight is 362 g/mol. The molecule has 0 aliphatic carbocycles. The predicted molar refractivity (Wildman–Crippen MR) is 103 cm³/mol. The molecule has 0 saturated carbocycles. The molecule has 6 bridgehead atoms. The molecule has 0 amide bonds. The molecule has 8 nitrogen and oxygen atoms in total. The maximum absolute atomic E-state index is 12.0. The van der Waals surface area contributed by atoms with Gasteiger partial charge in [-0.2, -0.15) is 4.98 Å². The summed E-state index contributed by atoms with van der Waals surface area (Å²) in [4.78, 5) is 24.7. The van der Waals surface area contributed by atoms with Gasteiger partial charge in [0.1, 0.15) is 12.1 Å². The molecule has 3 aromatic rings. The monoisotopic (exact) mass is 362 g/mol. The first kappa shape index (κ1) is 16.8. The summed E-state index contributed by atoms with van der Waals surface area (Å²) in [7, 11) is 1.61. The fourth-order valence-corrected chi connectivity index (χ4v) is 2.89. The van der Waals surface area contributed by atoms with Crippen molar-refractivity contribution >= 4 is 34.7 Å². The molecular weight excluding hydrogens is 344 g/mol. The average Bonchev–Trinajstić information content (AvgIpc) is 2.66. The normalized spacial score (nSPS) is 12.2. The number of Topliss-reactive ketones (excluding diaryl/α,β-unsaturated/α-hetero) is 1. The Balaban J connectivity index is 1.83. The van der Waals surface area contributed by atoms with Crippen LogP contribution in [0.25, 0.3) is 0 Å². The van der Waals surface area contributed by atoms with Crippen molar-refractivity contribution in [3.05, 3.63) is 53.9 Å². The molecule has 1 aliphatic rings. The van der Waals surface area contributed by atoms with E-state index in [0.717, 1.165) is 16.9 Å². The van der Waals surface area contributed by atoms with Gasteiger partial charge in [0.15, 0.2) is 5.78 Å². The van der Waals surface area contributed by atoms with Gasteiger partial charge in [-0.3, -0.25) is 4.79 Å². The van der Waals surface area contributed by atoms with Crippen LogP contribution in [-0.4, -0.2) is 27.8 Å². The summed E-state index contributed by atoms with van der Waals surface area (Å²) in [5.41, 5.74) is 3.89. The fourth-order valence-electron chi connectivity index (χ4n) is 2.89. The van der Waals surface area contributed by atoms with Crippen molar-refractivity contribution < 1.29 is 9.53 Å². The lowest BCUT2D eigenvalue weighted by atomic mass is 10.1. The molecule has 1 aliphatic heterocycles. The van der Waals surface area contributed by atoms with E-state index in [-0.39, 0.29) is 5.78 Å². The number of methoxy groups -OCH3 is 1. The van der Waals surface area contributed by atoms with Crippen molar-refractivity contribution in [1.82, 2.24) is 15.0 Å². The van der Waals surface area contributed by atoms with Gasteiger partial charge in [0, 0.05) is 17.8 Å². The molecule has 1 aromatic heterocycles. The van der Waals surface area contributed by atoms with Crippen LogP contribution in [0.5, 0.6) is 5.75 Å². The minimum atomic E-state index is -0.0369. The number of aromatic nitrogens is 3. The molecule has 0 fully saturated rings. The van der Waals surface area contributed by atoms with Gasteiger partial charge in [-0.05, 0) is 42.8 Å². The molecule has 8 heteroatoms. The van der Waals surface area contributed by atoms with E-state index in [0.29, 0.717) is 35.4 Å². The zero-order valence-corrected chi connectivity index (χ0v) is 14.9. The van der Waals surface area contributed by atoms with Crippen LogP contribution < -0.4 is 20.7 Å². The highest BCUT2D eigenvalue weighted by Crippen LogP contribution is 2.31. The SMILES string of the molecule is COc1ccc2cc1Nc1ncnc(n1)Nc1cc(ccc1C(C)=O)CN2. The van der Waals surface area contributed by atoms with Gasteiger partial charge in [0.2, 0.25) is 11.9 Å². The van der Waals surface area contributed by atoms with Crippen molar-refractivity contribution in [1.29, 1.82) is 0 Å². The first-order valence-electron chi connectivity index (χ1n) is 8.41. The maximum atomic E-state index is 12.0. The van der Waals surface area contributed by atoms with E-state index in [9.17, 15) is 4.79 Å². The summed E-state index contributed by atoms with van der Waals surface area (Å²) in [6, 6.07) is 11.4. The molecule has 136 valence electrons. The Bertz CT molecular complexity index is 1020. The second-order valence-electron chi connectivity index (χ2n) is 6.09. The van der Waals surface area contributed by atoms with Crippen LogP contribution in [0.4, 0.5) is 29.0 Å². The van der Waals surface area contributed by atoms with Crippen molar-refractivity contribution in [2.75, 3.05) is 23.1 Å². The Hall–Kier alpha value is -3.68. The van der Waals surface area contributed by atoms with E-state index >= 15 is 0 Å². The zero-order valence-electron chi connectivity index (χ0n) is 14.9. The molecule has 0 radical (unpaired) electrons. The predicted octanol–water partition coefficient (Wildman–Crippen LogP) is 3.50. The Morgan fingerprint density at radius 1 is 1.04 bits per heavy atom. The first-order valence-corrected chi connectivity index (χ1v) is 8.41. The van der Waals surface area contributed by atoms with Crippen LogP contribution in [0.3, 0.4) is 0 Å². The number of ketones is 1. The van der Waals surface area contributed by atoms with Crippen LogP contribution in [0, 0.1) is 0 Å². The highest BCUT2D eigenvalue weighted by atomic mass is 16.5. The summed E-state index contributed by atoms with van der Waals surface area (Å²) < 4.78 is 5.41. The Morgan fingerprint density at radius 3 is 2.56 bits per heavy atom. The van der Waals surface area contributed by atoms with Gasteiger partial charge in [0.05, 0.1) is 18.5 Å². The third kappa shape index (κ3) is 3.50. The van der Waals surface area contributed by atoms with Gasteiger partial charge in [-0.15, -0.1) is 0 Å². The summed E-state index contributed by atoms with van der Waals surface area (Å²) in [6.07, 6.45) is 1.41. The van der Waals surface area contributed by atoms with E-state index in [1.54, 1.807) is 13.2 Å². The largest absolute Gasteiger partial charge is 0.495 e. The highest BCUT2D eigenvalue weighted by molar-refractivity contribution is 6.00. The highest BCUT2D eigenvalue weighted by Gasteiger charge is 2.13. The van der Waals surface area contributed by atoms with Crippen LogP contribution in [-0.2, 0) is 6.54 Å². The van der Waals surface area contributed by atoms with Crippen LogP contribution >= 0.6 is 0 Å². The van der Waals surface area contributed by atoms with E-state index < -0.39 is 0 Å². The Labute approximate surface area is 156 Å². The Morgan fingerprint density at radius 2 is 1.81 bits per heavy atom. The van der Waals surface area contributed by atoms with Crippen molar-refractivity contribution in [3.63, 3.8) is 0 Å². The lowest BCUT2D eigenvalue weighted by Gasteiger charge is -2.13. The quantitative estimate of drug-likeness (QED) is 0.596. The van der Waals surface area contributed by atoms with Crippen molar-refractivity contribution in [2.24, 2.45) is 0 Å². The number of carbonyl (C=O) groups is 1. The van der Waals surface area contributed by atoms with Crippen molar-refractivity contribution in [2.45, 2.75) is 13.5 Å². The van der Waals surface area contributed by atoms with Gasteiger partial charge < -0.3 is 20.7 Å². The molecule has 2 heterocycles. The summed E-state index contributed by atoms with van der Waals surface area (Å²) in [5, 5.41) is 9.65. The maximum Gasteiger partial charge on any atom is 0.232 e. The molecule has 0 unspecified atom stereocenters. The number of hydrogen-bond donors (Lipinski definition) is 3. The van der Waals surface area contributed by atoms with Crippen molar-refractivity contribution in [3.8, 4) is 5.75 Å². The minimum absolute atomic E-state index is 0.0369. The lowest BCUT2D eigenvalue weighted by molar-refractivity contribution is 0.101. The standard InChI is InChI=1S/C19H18N6O2/c1-11(26)14-5-3-12-7-15(14)23-18-21-10-22-19(25-18)24-16-8-13(20-9-12)4-6-17(16)27-2/h3-8,10,20H,9H2,1-2H3,(H2,21,22,23,24,25). The van der Waals surface area contributed by atoms with E-state index in [1.165, 1.54) is 13.3 Å². The number of ether oxygens (including phenoxy) is 1. The third-order valence-corrected chi connectivity index (χ3v) is 4.22. The summed E-state index contributed by atoms with van der Waals surface area (Å²) >= 11 is 0. The number of benzene rings is 2. The van der Waals surface area contributed by atoms with Gasteiger partial charge in [-0.1, -0.05) is 6.07 Å². The summed E-state index contributed by atoms with van der Waals surface area (Å²) in [6.45, 7) is 2.12. The molecule has 0 spiro atoms. The first-order chi connectivity index (χ1) is 13.1. The fraction of sp³-hybridized carbons (Fsp3) is 0.158. The van der Waals surface area contributed by atoms with Crippen LogP contribution in [0.1, 0.15) is 22.8 Å². The van der Waals surface area contributed by atoms with Gasteiger partial charge >= 0.3 is 0 Å². The summed E-state index contributed by atoms with van der Waals surface area (Å²) in [5.74, 6) is 1.34. The number of rotatable bonds is 2. The molecule has 4 rings (SSSR count). The lowest BCUT2D eigenvalue weighted by Crippen LogP contribution is -2.06. The van der Waals surface area contributed by atoms with Gasteiger partial charge in [-0.25, -0.2) is 9.97 Å². The van der Waals surface area contributed by atoms with E-state index in [2.05, 4.69) is 30.9 Å². The number of nitrogens with zero attached hydrogens (tertiary/aromatic N) is 3. The second kappa shape index (κ2) is 6.91. The molecular formula is C19H18N6O2. The number of fused-ring (bicyclic) bond motifs is 6. The molecule has 2 aromatic carbocycles. The van der Waals surface area contributed by atoms with Crippen LogP contribution in [0.15, 0.2) is 42.7 Å². The number of carbonyl (C=O) groups excluding carboxylic acids is 1. The van der Waals surface area contributed by atoms with E-state index in [1.807, 2.05) is 30.3 Å². The molecule has 3 N–H and O–H groups in total. The number of hydrogen-bond acceptors (Lipinski definition) is 8. The smallest absolute Gasteiger partial charge is 0.232 e. The third-order valence-electron chi connectivity index (χ3n) is 4.22. The van der Waals surface area contributed by atoms with Gasteiger partial charge in [0.25, 0.3) is 0 Å². The zero-order chi connectivity index (χ0) is 18.8. The van der Waals surface area contributed by atoms with Crippen LogP contribution in [0.2, 0.25) is 0 Å². The minimum Gasteiger partial charge on any atom is -0.495 e. The second-order valence-corrected chi connectivity index (χ2v) is 6.09.